The maximum absolute atomic E-state index is 3.84. The van der Waals surface area contributed by atoms with E-state index in [1.807, 2.05) is 12.2 Å². The second-order valence-corrected chi connectivity index (χ2v) is 3.63. The van der Waals surface area contributed by atoms with Gasteiger partial charge in [0.15, 0.2) is 0 Å². The second-order valence-electron chi connectivity index (χ2n) is 3.63. The van der Waals surface area contributed by atoms with E-state index in [9.17, 15) is 0 Å². The summed E-state index contributed by atoms with van der Waals surface area (Å²) in [5.41, 5.74) is 4.09. The van der Waals surface area contributed by atoms with Crippen LogP contribution in [0.5, 0.6) is 0 Å². The molecule has 1 saturated carbocycles. The van der Waals surface area contributed by atoms with Gasteiger partial charge in [-0.05, 0) is 36.3 Å². The van der Waals surface area contributed by atoms with Crippen LogP contribution in [0.2, 0.25) is 0 Å². The molecule has 62 valence electrons. The highest BCUT2D eigenvalue weighted by atomic mass is 14.4. The van der Waals surface area contributed by atoms with Crippen molar-refractivity contribution in [3.63, 3.8) is 0 Å². The topological polar surface area (TPSA) is 0 Å². The van der Waals surface area contributed by atoms with E-state index in [-0.39, 0.29) is 0 Å². The van der Waals surface area contributed by atoms with Gasteiger partial charge in [0.1, 0.15) is 0 Å². The van der Waals surface area contributed by atoms with Crippen molar-refractivity contribution in [2.75, 3.05) is 0 Å². The molecule has 2 atom stereocenters. The van der Waals surface area contributed by atoms with E-state index in [0.717, 1.165) is 11.8 Å². The summed E-state index contributed by atoms with van der Waals surface area (Å²) in [7, 11) is 0. The Morgan fingerprint density at radius 1 is 1.42 bits per heavy atom. The van der Waals surface area contributed by atoms with Gasteiger partial charge in [-0.15, -0.1) is 0 Å². The molecule has 2 aliphatic rings. The van der Waals surface area contributed by atoms with Crippen molar-refractivity contribution >= 4 is 0 Å². The highest BCUT2D eigenvalue weighted by molar-refractivity contribution is 5.53. The van der Waals surface area contributed by atoms with Crippen molar-refractivity contribution in [1.82, 2.24) is 0 Å². The van der Waals surface area contributed by atoms with Crippen LogP contribution in [0.25, 0.3) is 0 Å². The first-order valence-corrected chi connectivity index (χ1v) is 4.45. The molecule has 2 aliphatic carbocycles. The normalized spacial score (nSPS) is 32.2. The summed E-state index contributed by atoms with van der Waals surface area (Å²) >= 11 is 0. The Balaban J connectivity index is 2.46. The molecule has 0 amide bonds. The molecular weight excluding hydrogens is 144 g/mol. The number of allylic oxidation sites excluding steroid dienone is 6. The summed E-state index contributed by atoms with van der Waals surface area (Å²) in [6.07, 6.45) is 7.56. The van der Waals surface area contributed by atoms with Gasteiger partial charge in [0.25, 0.3) is 0 Å². The summed E-state index contributed by atoms with van der Waals surface area (Å²) in [6.45, 7) is 9.88. The van der Waals surface area contributed by atoms with Crippen molar-refractivity contribution < 1.29 is 0 Å². The first kappa shape index (κ1) is 7.60. The number of hydrogen-bond donors (Lipinski definition) is 0. The van der Waals surface area contributed by atoms with E-state index in [1.54, 1.807) is 0 Å². The molecule has 0 heteroatoms. The van der Waals surface area contributed by atoms with Gasteiger partial charge in [0.05, 0.1) is 0 Å². The van der Waals surface area contributed by atoms with Gasteiger partial charge in [0, 0.05) is 0 Å². The Morgan fingerprint density at radius 2 is 2.17 bits per heavy atom. The fourth-order valence-corrected chi connectivity index (χ4v) is 2.10. The van der Waals surface area contributed by atoms with E-state index in [1.165, 1.54) is 23.1 Å². The van der Waals surface area contributed by atoms with Gasteiger partial charge in [-0.3, -0.25) is 0 Å². The van der Waals surface area contributed by atoms with Crippen molar-refractivity contribution in [2.24, 2.45) is 11.8 Å². The monoisotopic (exact) mass is 158 g/mol. The molecule has 0 aromatic rings. The molecule has 0 N–H and O–H groups in total. The predicted octanol–water partition coefficient (Wildman–Crippen LogP) is 3.25. The molecule has 0 bridgehead atoms. The summed E-state index contributed by atoms with van der Waals surface area (Å²) in [6, 6.07) is 0. The zero-order valence-corrected chi connectivity index (χ0v) is 7.51. The molecule has 0 aliphatic heterocycles. The summed E-state index contributed by atoms with van der Waals surface area (Å²) in [4.78, 5) is 0. The van der Waals surface area contributed by atoms with Gasteiger partial charge in [-0.25, -0.2) is 0 Å². The van der Waals surface area contributed by atoms with Gasteiger partial charge in [-0.2, -0.15) is 0 Å². The molecule has 0 nitrogen and oxygen atoms in total. The average molecular weight is 158 g/mol. The maximum atomic E-state index is 3.84. The zero-order valence-electron chi connectivity index (χ0n) is 7.51. The molecule has 12 heavy (non-hydrogen) atoms. The number of rotatable bonds is 2. The standard InChI is InChI=1S/C12H14/c1-4-9-6-10-7-12(10)8(3)11(9)5-2/h4-6,10,12H,1-2,7H2,3H3. The summed E-state index contributed by atoms with van der Waals surface area (Å²) in [5.74, 6) is 1.63. The zero-order chi connectivity index (χ0) is 8.72. The SMILES string of the molecule is C=CC1=CC2CC2C(C)=C1C=C. The Morgan fingerprint density at radius 3 is 2.75 bits per heavy atom. The Labute approximate surface area is 74.0 Å². The Kier molecular flexibility index (Phi) is 1.57. The van der Waals surface area contributed by atoms with Crippen LogP contribution in [0.4, 0.5) is 0 Å². The van der Waals surface area contributed by atoms with Crippen molar-refractivity contribution in [3.05, 3.63) is 48.1 Å². The molecule has 1 fully saturated rings. The summed E-state index contributed by atoms with van der Waals surface area (Å²) < 4.78 is 0. The first-order chi connectivity index (χ1) is 5.77. The van der Waals surface area contributed by atoms with E-state index < -0.39 is 0 Å². The van der Waals surface area contributed by atoms with E-state index in [4.69, 9.17) is 0 Å². The lowest BCUT2D eigenvalue weighted by molar-refractivity contribution is 0.889. The fraction of sp³-hybridized carbons (Fsp3) is 0.333. The second kappa shape index (κ2) is 2.48. The Bertz CT molecular complexity index is 302. The molecule has 0 spiro atoms. The quantitative estimate of drug-likeness (QED) is 0.578. The maximum Gasteiger partial charge on any atom is -0.0127 e. The lowest BCUT2D eigenvalue weighted by Crippen LogP contribution is -1.98. The van der Waals surface area contributed by atoms with Crippen LogP contribution in [0.3, 0.4) is 0 Å². The third-order valence-corrected chi connectivity index (χ3v) is 2.95. The van der Waals surface area contributed by atoms with Gasteiger partial charge in [0.2, 0.25) is 0 Å². The lowest BCUT2D eigenvalue weighted by Gasteiger charge is -2.13. The molecule has 0 aromatic heterocycles. The molecule has 0 aromatic carbocycles. The average Bonchev–Trinajstić information content (AvgIpc) is 2.83. The molecule has 2 unspecified atom stereocenters. The minimum atomic E-state index is 0.807. The molecule has 0 heterocycles. The van der Waals surface area contributed by atoms with E-state index in [0.29, 0.717) is 0 Å². The van der Waals surface area contributed by atoms with Crippen molar-refractivity contribution in [2.45, 2.75) is 13.3 Å². The molecule has 0 radical (unpaired) electrons. The van der Waals surface area contributed by atoms with Crippen LogP contribution in [-0.2, 0) is 0 Å². The van der Waals surface area contributed by atoms with Gasteiger partial charge < -0.3 is 0 Å². The highest BCUT2D eigenvalue weighted by Gasteiger charge is 2.40. The number of fused-ring (bicyclic) bond motifs is 1. The molecule has 2 rings (SSSR count). The molecular formula is C12H14. The van der Waals surface area contributed by atoms with Crippen molar-refractivity contribution in [3.8, 4) is 0 Å². The third kappa shape index (κ3) is 0.911. The minimum absolute atomic E-state index is 0.807. The van der Waals surface area contributed by atoms with Gasteiger partial charge in [-0.1, -0.05) is 37.0 Å². The van der Waals surface area contributed by atoms with Crippen LogP contribution in [0.1, 0.15) is 13.3 Å². The largest absolute Gasteiger partial charge is 0.0985 e. The first-order valence-electron chi connectivity index (χ1n) is 4.45. The third-order valence-electron chi connectivity index (χ3n) is 2.95. The number of hydrogen-bond acceptors (Lipinski definition) is 0. The smallest absolute Gasteiger partial charge is 0.0127 e. The molecule has 0 saturated heterocycles. The van der Waals surface area contributed by atoms with Crippen LogP contribution in [0, 0.1) is 11.8 Å². The van der Waals surface area contributed by atoms with Crippen LogP contribution >= 0.6 is 0 Å². The van der Waals surface area contributed by atoms with Crippen LogP contribution < -0.4 is 0 Å². The van der Waals surface area contributed by atoms with Gasteiger partial charge >= 0.3 is 0 Å². The Hall–Kier alpha value is -1.04. The van der Waals surface area contributed by atoms with Crippen molar-refractivity contribution in [1.29, 1.82) is 0 Å². The minimum Gasteiger partial charge on any atom is -0.0985 e. The lowest BCUT2D eigenvalue weighted by atomic mass is 9.92. The van der Waals surface area contributed by atoms with E-state index >= 15 is 0 Å². The predicted molar refractivity (Wildman–Crippen MR) is 52.8 cm³/mol. The summed E-state index contributed by atoms with van der Waals surface area (Å²) in [5, 5.41) is 0. The van der Waals surface area contributed by atoms with Crippen LogP contribution in [-0.4, -0.2) is 0 Å². The fourth-order valence-electron chi connectivity index (χ4n) is 2.10. The van der Waals surface area contributed by atoms with E-state index in [2.05, 4.69) is 26.2 Å². The highest BCUT2D eigenvalue weighted by Crippen LogP contribution is 2.51. The van der Waals surface area contributed by atoms with Crippen LogP contribution in [0.15, 0.2) is 48.1 Å².